The first-order valence-electron chi connectivity index (χ1n) is 7.48. The summed E-state index contributed by atoms with van der Waals surface area (Å²) in [6.07, 6.45) is 1.56. The molecule has 22 heavy (non-hydrogen) atoms. The van der Waals surface area contributed by atoms with Gasteiger partial charge in [-0.2, -0.15) is 0 Å². The maximum absolute atomic E-state index is 12.0. The van der Waals surface area contributed by atoms with Crippen molar-refractivity contribution >= 4 is 17.4 Å². The number of nitrogens with one attached hydrogen (secondary N) is 1. The Balaban J connectivity index is 1.66. The van der Waals surface area contributed by atoms with Gasteiger partial charge in [-0.1, -0.05) is 41.7 Å². The van der Waals surface area contributed by atoms with Gasteiger partial charge >= 0.3 is 0 Å². The zero-order chi connectivity index (χ0) is 15.8. The van der Waals surface area contributed by atoms with E-state index in [1.54, 1.807) is 0 Å². The summed E-state index contributed by atoms with van der Waals surface area (Å²) in [6, 6.07) is 10.1. The van der Waals surface area contributed by atoms with Crippen molar-refractivity contribution in [1.82, 2.24) is 14.9 Å². The number of rotatable bonds is 8. The molecule has 0 radical (unpaired) electrons. The van der Waals surface area contributed by atoms with Crippen molar-refractivity contribution in [2.75, 3.05) is 13.2 Å². The maximum atomic E-state index is 12.0. The van der Waals surface area contributed by atoms with Crippen molar-refractivity contribution in [2.24, 2.45) is 0 Å². The molecule has 1 N–H and O–H groups in total. The maximum Gasteiger partial charge on any atom is 0.264 e. The average Bonchev–Trinajstić information content (AvgIpc) is 3.03. The molecule has 0 aliphatic carbocycles. The van der Waals surface area contributed by atoms with Gasteiger partial charge in [0.05, 0.1) is 11.8 Å². The van der Waals surface area contributed by atoms with Gasteiger partial charge < -0.3 is 10.1 Å². The molecule has 1 amide bonds. The fourth-order valence-corrected chi connectivity index (χ4v) is 2.71. The fourth-order valence-electron chi connectivity index (χ4n) is 2.05. The first-order valence-corrected chi connectivity index (χ1v) is 8.25. The van der Waals surface area contributed by atoms with Crippen LogP contribution in [0.4, 0.5) is 0 Å². The summed E-state index contributed by atoms with van der Waals surface area (Å²) in [5.41, 5.74) is 1.92. The van der Waals surface area contributed by atoms with Crippen molar-refractivity contribution in [3.8, 4) is 0 Å². The van der Waals surface area contributed by atoms with Crippen molar-refractivity contribution in [2.45, 2.75) is 32.8 Å². The standard InChI is InChI=1S/C16H21N3O2S/c1-3-14-15(22-19-18-14)16(20)17-10-7-11-21-12(2)13-8-5-4-6-9-13/h4-6,8-9,12H,3,7,10-11H2,1-2H3,(H,17,20)/t12-/m0/s1. The number of nitrogens with zero attached hydrogens (tertiary/aromatic N) is 2. The molecular formula is C16H21N3O2S. The van der Waals surface area contributed by atoms with Crippen LogP contribution in [0.3, 0.4) is 0 Å². The quantitative estimate of drug-likeness (QED) is 0.760. The molecule has 1 aromatic carbocycles. The van der Waals surface area contributed by atoms with Crippen molar-refractivity contribution < 1.29 is 9.53 Å². The number of aryl methyl sites for hydroxylation is 1. The van der Waals surface area contributed by atoms with E-state index in [1.807, 2.05) is 32.0 Å². The lowest BCUT2D eigenvalue weighted by Gasteiger charge is -2.13. The molecule has 6 heteroatoms. The minimum atomic E-state index is -0.0945. The summed E-state index contributed by atoms with van der Waals surface area (Å²) >= 11 is 1.14. The molecule has 0 unspecified atom stereocenters. The van der Waals surface area contributed by atoms with Crippen molar-refractivity contribution in [3.63, 3.8) is 0 Å². The number of amides is 1. The monoisotopic (exact) mass is 319 g/mol. The summed E-state index contributed by atoms with van der Waals surface area (Å²) < 4.78 is 9.59. The molecule has 1 heterocycles. The van der Waals surface area contributed by atoms with E-state index in [1.165, 1.54) is 0 Å². The Morgan fingerprint density at radius 1 is 1.36 bits per heavy atom. The van der Waals surface area contributed by atoms with Crippen LogP contribution in [0.2, 0.25) is 0 Å². The average molecular weight is 319 g/mol. The highest BCUT2D eigenvalue weighted by atomic mass is 32.1. The minimum absolute atomic E-state index is 0.0642. The van der Waals surface area contributed by atoms with E-state index in [-0.39, 0.29) is 12.0 Å². The first kappa shape index (κ1) is 16.6. The molecule has 0 saturated carbocycles. The van der Waals surface area contributed by atoms with Gasteiger partial charge in [0, 0.05) is 13.2 Å². The van der Waals surface area contributed by atoms with Gasteiger partial charge in [0.2, 0.25) is 0 Å². The predicted octanol–water partition coefficient (Wildman–Crippen LogP) is 3.00. The normalized spacial score (nSPS) is 12.1. The molecule has 0 saturated heterocycles. The Morgan fingerprint density at radius 2 is 2.14 bits per heavy atom. The Kier molecular flexibility index (Phi) is 6.48. The van der Waals surface area contributed by atoms with E-state index in [0.717, 1.165) is 35.6 Å². The van der Waals surface area contributed by atoms with Crippen LogP contribution in [0, 0.1) is 0 Å². The Labute approximate surface area is 134 Å². The molecule has 1 aromatic heterocycles. The van der Waals surface area contributed by atoms with E-state index >= 15 is 0 Å². The third-order valence-electron chi connectivity index (χ3n) is 3.34. The number of hydrogen-bond donors (Lipinski definition) is 1. The molecule has 118 valence electrons. The van der Waals surface area contributed by atoms with E-state index in [9.17, 15) is 4.79 Å². The van der Waals surface area contributed by atoms with Crippen LogP contribution >= 0.6 is 11.5 Å². The molecular weight excluding hydrogens is 298 g/mol. The first-order chi connectivity index (χ1) is 10.7. The summed E-state index contributed by atoms with van der Waals surface area (Å²) in [5, 5.41) is 6.82. The molecule has 2 rings (SSSR count). The van der Waals surface area contributed by atoms with Gasteiger partial charge in [-0.25, -0.2) is 0 Å². The van der Waals surface area contributed by atoms with Crippen LogP contribution in [-0.4, -0.2) is 28.6 Å². The number of ether oxygens (including phenoxy) is 1. The SMILES string of the molecule is CCc1nnsc1C(=O)NCCCO[C@@H](C)c1ccccc1. The fraction of sp³-hybridized carbons (Fsp3) is 0.438. The van der Waals surface area contributed by atoms with Crippen LogP contribution in [0.15, 0.2) is 30.3 Å². The largest absolute Gasteiger partial charge is 0.374 e. The van der Waals surface area contributed by atoms with E-state index in [0.29, 0.717) is 18.0 Å². The van der Waals surface area contributed by atoms with Crippen molar-refractivity contribution in [3.05, 3.63) is 46.5 Å². The number of carbonyl (C=O) groups is 1. The summed E-state index contributed by atoms with van der Waals surface area (Å²) in [6.45, 7) is 5.19. The van der Waals surface area contributed by atoms with Gasteiger partial charge in [0.15, 0.2) is 0 Å². The lowest BCUT2D eigenvalue weighted by atomic mass is 10.1. The predicted molar refractivity (Wildman–Crippen MR) is 87.0 cm³/mol. The van der Waals surface area contributed by atoms with Gasteiger partial charge in [-0.3, -0.25) is 4.79 Å². The highest BCUT2D eigenvalue weighted by Crippen LogP contribution is 2.15. The molecule has 0 fully saturated rings. The van der Waals surface area contributed by atoms with Gasteiger partial charge in [-0.15, -0.1) is 5.10 Å². The molecule has 2 aromatic rings. The highest BCUT2D eigenvalue weighted by molar-refractivity contribution is 7.08. The number of benzene rings is 1. The van der Waals surface area contributed by atoms with Gasteiger partial charge in [-0.05, 0) is 36.9 Å². The molecule has 0 aliphatic heterocycles. The molecule has 0 bridgehead atoms. The van der Waals surface area contributed by atoms with Gasteiger partial charge in [0.1, 0.15) is 4.88 Å². The minimum Gasteiger partial charge on any atom is -0.374 e. The van der Waals surface area contributed by atoms with E-state index in [4.69, 9.17) is 4.74 Å². The molecule has 0 spiro atoms. The van der Waals surface area contributed by atoms with Crippen LogP contribution in [0.5, 0.6) is 0 Å². The lowest BCUT2D eigenvalue weighted by Crippen LogP contribution is -2.25. The van der Waals surface area contributed by atoms with Crippen LogP contribution in [-0.2, 0) is 11.2 Å². The number of carbonyl (C=O) groups excluding carboxylic acids is 1. The topological polar surface area (TPSA) is 64.1 Å². The van der Waals surface area contributed by atoms with Gasteiger partial charge in [0.25, 0.3) is 5.91 Å². The molecule has 5 nitrogen and oxygen atoms in total. The number of hydrogen-bond acceptors (Lipinski definition) is 5. The van der Waals surface area contributed by atoms with Crippen molar-refractivity contribution in [1.29, 1.82) is 0 Å². The summed E-state index contributed by atoms with van der Waals surface area (Å²) in [7, 11) is 0. The highest BCUT2D eigenvalue weighted by Gasteiger charge is 2.14. The second kappa shape index (κ2) is 8.60. The summed E-state index contributed by atoms with van der Waals surface area (Å²) in [5.74, 6) is -0.0945. The van der Waals surface area contributed by atoms with Crippen LogP contribution in [0.25, 0.3) is 0 Å². The zero-order valence-corrected chi connectivity index (χ0v) is 13.7. The van der Waals surface area contributed by atoms with Crippen LogP contribution < -0.4 is 5.32 Å². The second-order valence-corrected chi connectivity index (χ2v) is 5.69. The Morgan fingerprint density at radius 3 is 2.86 bits per heavy atom. The summed E-state index contributed by atoms with van der Waals surface area (Å²) in [4.78, 5) is 12.6. The van der Waals surface area contributed by atoms with E-state index < -0.39 is 0 Å². The smallest absolute Gasteiger partial charge is 0.264 e. The third-order valence-corrected chi connectivity index (χ3v) is 4.11. The van der Waals surface area contributed by atoms with E-state index in [2.05, 4.69) is 27.0 Å². The second-order valence-electron chi connectivity index (χ2n) is 4.94. The molecule has 0 aliphatic rings. The van der Waals surface area contributed by atoms with Crippen LogP contribution in [0.1, 0.15) is 47.3 Å². The Bertz CT molecular complexity index is 586. The Hall–Kier alpha value is -1.79. The molecule has 1 atom stereocenters. The third kappa shape index (κ3) is 4.61. The lowest BCUT2D eigenvalue weighted by molar-refractivity contribution is 0.0635. The zero-order valence-electron chi connectivity index (χ0n) is 12.9. The number of aromatic nitrogens is 2.